The lowest BCUT2D eigenvalue weighted by atomic mass is 9.82. The third-order valence-corrected chi connectivity index (χ3v) is 3.83. The van der Waals surface area contributed by atoms with Crippen molar-refractivity contribution in [1.29, 1.82) is 0 Å². The zero-order valence-corrected chi connectivity index (χ0v) is 11.8. The highest BCUT2D eigenvalue weighted by Gasteiger charge is 2.24. The van der Waals surface area contributed by atoms with Crippen molar-refractivity contribution in [3.05, 3.63) is 39.7 Å². The molecule has 4 nitrogen and oxygen atoms in total. The first-order chi connectivity index (χ1) is 9.45. The topological polar surface area (TPSA) is 52.4 Å². The van der Waals surface area contributed by atoms with E-state index in [0.29, 0.717) is 24.0 Å². The maximum Gasteiger partial charge on any atom is 0.304 e. The number of rotatable bonds is 4. The Morgan fingerprint density at radius 2 is 1.95 bits per heavy atom. The van der Waals surface area contributed by atoms with Gasteiger partial charge in [-0.2, -0.15) is 4.39 Å². The highest BCUT2D eigenvalue weighted by Crippen LogP contribution is 2.31. The zero-order valence-electron chi connectivity index (χ0n) is 11.8. The van der Waals surface area contributed by atoms with Crippen LogP contribution in [0.2, 0.25) is 0 Å². The van der Waals surface area contributed by atoms with E-state index in [0.717, 1.165) is 12.8 Å². The summed E-state index contributed by atoms with van der Waals surface area (Å²) >= 11 is 0. The lowest BCUT2D eigenvalue weighted by molar-refractivity contribution is -0.387. The van der Waals surface area contributed by atoms with Crippen molar-refractivity contribution in [2.24, 2.45) is 11.8 Å². The summed E-state index contributed by atoms with van der Waals surface area (Å²) in [6, 6.07) is 3.94. The molecule has 0 spiro atoms. The molecule has 0 aromatic heterocycles. The van der Waals surface area contributed by atoms with Gasteiger partial charge >= 0.3 is 5.69 Å². The normalized spacial score (nSPS) is 26.4. The molecule has 0 amide bonds. The molecule has 0 saturated heterocycles. The van der Waals surface area contributed by atoms with E-state index < -0.39 is 16.4 Å². The van der Waals surface area contributed by atoms with Crippen LogP contribution in [-0.2, 0) is 11.3 Å². The second-order valence-electron chi connectivity index (χ2n) is 5.89. The van der Waals surface area contributed by atoms with Gasteiger partial charge in [0.2, 0.25) is 5.82 Å². The highest BCUT2D eigenvalue weighted by atomic mass is 19.1. The first kappa shape index (κ1) is 14.9. The summed E-state index contributed by atoms with van der Waals surface area (Å²) in [5.41, 5.74) is 0.146. The van der Waals surface area contributed by atoms with E-state index >= 15 is 0 Å². The molecule has 5 heteroatoms. The molecule has 0 bridgehead atoms. The van der Waals surface area contributed by atoms with Crippen molar-refractivity contribution in [3.8, 4) is 0 Å². The summed E-state index contributed by atoms with van der Waals surface area (Å²) in [7, 11) is 0. The van der Waals surface area contributed by atoms with Crippen molar-refractivity contribution in [3.63, 3.8) is 0 Å². The van der Waals surface area contributed by atoms with Gasteiger partial charge in [0.25, 0.3) is 0 Å². The average Bonchev–Trinajstić information content (AvgIpc) is 2.35. The minimum atomic E-state index is -0.804. The van der Waals surface area contributed by atoms with Crippen molar-refractivity contribution < 1.29 is 14.1 Å². The molecular weight excluding hydrogens is 261 g/mol. The first-order valence-corrected chi connectivity index (χ1v) is 7.00. The van der Waals surface area contributed by atoms with Crippen molar-refractivity contribution in [2.75, 3.05) is 0 Å². The van der Waals surface area contributed by atoms with Crippen LogP contribution in [0.15, 0.2) is 18.2 Å². The van der Waals surface area contributed by atoms with Crippen LogP contribution in [0.4, 0.5) is 10.1 Å². The van der Waals surface area contributed by atoms with Gasteiger partial charge in [-0.1, -0.05) is 13.8 Å². The Morgan fingerprint density at radius 1 is 1.30 bits per heavy atom. The van der Waals surface area contributed by atoms with Gasteiger partial charge in [-0.3, -0.25) is 10.1 Å². The van der Waals surface area contributed by atoms with Crippen LogP contribution >= 0.6 is 0 Å². The number of hydrogen-bond acceptors (Lipinski definition) is 3. The lowest BCUT2D eigenvalue weighted by Gasteiger charge is -2.31. The average molecular weight is 281 g/mol. The number of nitro benzene ring substituents is 1. The first-order valence-electron chi connectivity index (χ1n) is 7.00. The fourth-order valence-electron chi connectivity index (χ4n) is 3.01. The molecule has 0 radical (unpaired) electrons. The van der Waals surface area contributed by atoms with E-state index in [-0.39, 0.29) is 6.10 Å². The summed E-state index contributed by atoms with van der Waals surface area (Å²) < 4.78 is 19.3. The summed E-state index contributed by atoms with van der Waals surface area (Å²) in [6.45, 7) is 4.74. The van der Waals surface area contributed by atoms with E-state index in [1.54, 1.807) is 6.07 Å². The molecule has 1 fully saturated rings. The van der Waals surface area contributed by atoms with Gasteiger partial charge in [-0.05, 0) is 48.8 Å². The molecular formula is C15H20FNO3. The number of nitro groups is 1. The molecule has 2 atom stereocenters. The van der Waals surface area contributed by atoms with Gasteiger partial charge in [-0.15, -0.1) is 0 Å². The zero-order chi connectivity index (χ0) is 14.7. The van der Waals surface area contributed by atoms with Crippen LogP contribution in [0.25, 0.3) is 0 Å². The van der Waals surface area contributed by atoms with Gasteiger partial charge in [0.05, 0.1) is 17.6 Å². The molecule has 0 aliphatic heterocycles. The SMILES string of the molecule is CC1CC(C)CC(OCc2ccc([N+](=O)[O-])c(F)c2)C1. The molecule has 2 unspecified atom stereocenters. The Hall–Kier alpha value is -1.49. The van der Waals surface area contributed by atoms with E-state index in [2.05, 4.69) is 13.8 Å². The molecule has 1 aliphatic rings. The fourth-order valence-corrected chi connectivity index (χ4v) is 3.01. The fraction of sp³-hybridized carbons (Fsp3) is 0.600. The molecule has 1 aliphatic carbocycles. The van der Waals surface area contributed by atoms with Crippen LogP contribution in [-0.4, -0.2) is 11.0 Å². The second kappa shape index (κ2) is 6.31. The maximum absolute atomic E-state index is 13.5. The molecule has 20 heavy (non-hydrogen) atoms. The Bertz CT molecular complexity index is 482. The summed E-state index contributed by atoms with van der Waals surface area (Å²) in [4.78, 5) is 9.83. The number of nitrogens with zero attached hydrogens (tertiary/aromatic N) is 1. The standard InChI is InChI=1S/C15H20FNO3/c1-10-5-11(2)7-13(6-10)20-9-12-3-4-15(17(18)19)14(16)8-12/h3-4,8,10-11,13H,5-7,9H2,1-2H3. The van der Waals surface area contributed by atoms with Gasteiger partial charge in [0, 0.05) is 6.07 Å². The third kappa shape index (κ3) is 3.76. The lowest BCUT2D eigenvalue weighted by Crippen LogP contribution is -2.26. The van der Waals surface area contributed by atoms with Gasteiger partial charge in [0.15, 0.2) is 0 Å². The molecule has 2 rings (SSSR count). The summed E-state index contributed by atoms with van der Waals surface area (Å²) in [5, 5.41) is 10.5. The van der Waals surface area contributed by atoms with E-state index in [1.165, 1.54) is 18.6 Å². The molecule has 110 valence electrons. The van der Waals surface area contributed by atoms with E-state index in [1.807, 2.05) is 0 Å². The Kier molecular flexibility index (Phi) is 4.70. The van der Waals surface area contributed by atoms with E-state index in [4.69, 9.17) is 4.74 Å². The molecule has 1 aromatic carbocycles. The van der Waals surface area contributed by atoms with Gasteiger partial charge in [0.1, 0.15) is 0 Å². The van der Waals surface area contributed by atoms with Crippen LogP contribution in [0, 0.1) is 27.8 Å². The van der Waals surface area contributed by atoms with Crippen LogP contribution in [0.1, 0.15) is 38.7 Å². The second-order valence-corrected chi connectivity index (χ2v) is 5.89. The van der Waals surface area contributed by atoms with Crippen molar-refractivity contribution in [2.45, 2.75) is 45.8 Å². The van der Waals surface area contributed by atoms with Crippen LogP contribution < -0.4 is 0 Å². The predicted octanol–water partition coefficient (Wildman–Crippen LogP) is 4.08. The summed E-state index contributed by atoms with van der Waals surface area (Å²) in [5.74, 6) is 0.496. The van der Waals surface area contributed by atoms with Gasteiger partial charge in [-0.25, -0.2) is 0 Å². The number of halogens is 1. The van der Waals surface area contributed by atoms with Crippen LogP contribution in [0.3, 0.4) is 0 Å². The highest BCUT2D eigenvalue weighted by molar-refractivity contribution is 5.34. The Morgan fingerprint density at radius 3 is 2.50 bits per heavy atom. The van der Waals surface area contributed by atoms with Crippen molar-refractivity contribution >= 4 is 5.69 Å². The molecule has 0 heterocycles. The van der Waals surface area contributed by atoms with Crippen molar-refractivity contribution in [1.82, 2.24) is 0 Å². The number of ether oxygens (including phenoxy) is 1. The largest absolute Gasteiger partial charge is 0.374 e. The smallest absolute Gasteiger partial charge is 0.304 e. The van der Waals surface area contributed by atoms with Gasteiger partial charge < -0.3 is 4.74 Å². The Labute approximate surface area is 118 Å². The monoisotopic (exact) mass is 281 g/mol. The minimum absolute atomic E-state index is 0.201. The predicted molar refractivity (Wildman–Crippen MR) is 73.8 cm³/mol. The summed E-state index contributed by atoms with van der Waals surface area (Å²) in [6.07, 6.45) is 3.48. The number of benzene rings is 1. The van der Waals surface area contributed by atoms with E-state index in [9.17, 15) is 14.5 Å². The number of hydrogen-bond donors (Lipinski definition) is 0. The quantitative estimate of drug-likeness (QED) is 0.617. The molecule has 1 saturated carbocycles. The molecule has 0 N–H and O–H groups in total. The minimum Gasteiger partial charge on any atom is -0.374 e. The maximum atomic E-state index is 13.5. The molecule has 1 aromatic rings. The van der Waals surface area contributed by atoms with Crippen LogP contribution in [0.5, 0.6) is 0 Å². The third-order valence-electron chi connectivity index (χ3n) is 3.83. The Balaban J connectivity index is 1.94.